The highest BCUT2D eigenvalue weighted by Gasteiger charge is 2.23. The molecule has 1 aliphatic carbocycles. The van der Waals surface area contributed by atoms with E-state index in [-0.39, 0.29) is 23.2 Å². The Morgan fingerprint density at radius 3 is 2.77 bits per heavy atom. The normalized spacial score (nSPS) is 15.2. The van der Waals surface area contributed by atoms with Crippen molar-refractivity contribution in [3.63, 3.8) is 0 Å². The number of carbonyl (C=O) groups is 1. The third-order valence-electron chi connectivity index (χ3n) is 5.35. The molecule has 30 heavy (non-hydrogen) atoms. The summed E-state index contributed by atoms with van der Waals surface area (Å²) in [5.41, 5.74) is 1.61. The third-order valence-corrected chi connectivity index (χ3v) is 6.72. The minimum atomic E-state index is -3.85. The van der Waals surface area contributed by atoms with Crippen LogP contribution in [0.1, 0.15) is 61.2 Å². The van der Waals surface area contributed by atoms with Gasteiger partial charge in [-0.05, 0) is 50.1 Å². The van der Waals surface area contributed by atoms with Gasteiger partial charge in [0.25, 0.3) is 10.0 Å². The monoisotopic (exact) mass is 428 g/mol. The Balaban J connectivity index is 1.63. The second-order valence-corrected chi connectivity index (χ2v) is 9.09. The largest absolute Gasteiger partial charge is 0.460 e. The second-order valence-electron chi connectivity index (χ2n) is 7.41. The molecule has 1 aliphatic rings. The molecular formula is C22H24N2O5S. The molecule has 2 heterocycles. The predicted molar refractivity (Wildman–Crippen MR) is 113 cm³/mol. The van der Waals surface area contributed by atoms with Crippen LogP contribution in [0.2, 0.25) is 0 Å². The number of esters is 1. The van der Waals surface area contributed by atoms with E-state index in [1.54, 1.807) is 37.4 Å². The van der Waals surface area contributed by atoms with Crippen molar-refractivity contribution in [2.75, 3.05) is 11.3 Å². The zero-order valence-electron chi connectivity index (χ0n) is 16.8. The fraction of sp³-hybridized carbons (Fsp3) is 0.364. The number of furan rings is 1. The molecule has 1 saturated carbocycles. The minimum absolute atomic E-state index is 0.0428. The second kappa shape index (κ2) is 8.47. The molecule has 8 heteroatoms. The molecule has 7 nitrogen and oxygen atoms in total. The summed E-state index contributed by atoms with van der Waals surface area (Å²) >= 11 is 0. The van der Waals surface area contributed by atoms with Crippen LogP contribution in [0.4, 0.5) is 5.69 Å². The van der Waals surface area contributed by atoms with E-state index < -0.39 is 16.0 Å². The molecule has 0 bridgehead atoms. The standard InChI is InChI=1S/C22H24N2O5S/c1-2-28-22(25)20-13-16-10-11-17(14-19(16)29-20)30(26,27)24-18-9-6-12-23-21(18)15-7-4-3-5-8-15/h6,9-15,24H,2-5,7-8H2,1H3. The van der Waals surface area contributed by atoms with Crippen LogP contribution in [-0.2, 0) is 14.8 Å². The van der Waals surface area contributed by atoms with Gasteiger partial charge >= 0.3 is 5.97 Å². The molecule has 0 spiro atoms. The molecule has 1 N–H and O–H groups in total. The quantitative estimate of drug-likeness (QED) is 0.563. The van der Waals surface area contributed by atoms with Crippen LogP contribution >= 0.6 is 0 Å². The van der Waals surface area contributed by atoms with Gasteiger partial charge in [-0.2, -0.15) is 0 Å². The van der Waals surface area contributed by atoms with Gasteiger partial charge in [0.15, 0.2) is 0 Å². The molecule has 3 aromatic rings. The minimum Gasteiger partial charge on any atom is -0.460 e. The number of pyridine rings is 1. The van der Waals surface area contributed by atoms with E-state index in [1.165, 1.54) is 18.6 Å². The van der Waals surface area contributed by atoms with E-state index in [0.29, 0.717) is 16.7 Å². The Labute approximate surface area is 175 Å². The Bertz CT molecular complexity index is 1160. The molecule has 0 radical (unpaired) electrons. The smallest absolute Gasteiger partial charge is 0.374 e. The summed E-state index contributed by atoms with van der Waals surface area (Å²) < 4.78 is 39.2. The molecule has 158 valence electrons. The van der Waals surface area contributed by atoms with Gasteiger partial charge in [-0.25, -0.2) is 13.2 Å². The number of rotatable bonds is 6. The summed E-state index contributed by atoms with van der Waals surface area (Å²) in [6.07, 6.45) is 7.20. The summed E-state index contributed by atoms with van der Waals surface area (Å²) in [5.74, 6) is -0.276. The van der Waals surface area contributed by atoms with E-state index in [4.69, 9.17) is 9.15 Å². The number of benzene rings is 1. The molecule has 1 fully saturated rings. The molecular weight excluding hydrogens is 404 g/mol. The van der Waals surface area contributed by atoms with Crippen molar-refractivity contribution in [1.82, 2.24) is 4.98 Å². The van der Waals surface area contributed by atoms with Crippen LogP contribution in [0.5, 0.6) is 0 Å². The highest BCUT2D eigenvalue weighted by atomic mass is 32.2. The Morgan fingerprint density at radius 1 is 1.20 bits per heavy atom. The summed E-state index contributed by atoms with van der Waals surface area (Å²) in [4.78, 5) is 16.4. The average molecular weight is 429 g/mol. The highest BCUT2D eigenvalue weighted by molar-refractivity contribution is 7.92. The average Bonchev–Trinajstić information content (AvgIpc) is 3.18. The number of nitrogens with zero attached hydrogens (tertiary/aromatic N) is 1. The number of aromatic nitrogens is 1. The first-order valence-electron chi connectivity index (χ1n) is 10.2. The number of sulfonamides is 1. The van der Waals surface area contributed by atoms with Crippen LogP contribution in [0, 0.1) is 0 Å². The molecule has 0 unspecified atom stereocenters. The molecule has 4 rings (SSSR count). The zero-order valence-corrected chi connectivity index (χ0v) is 17.6. The number of nitrogens with one attached hydrogen (secondary N) is 1. The maximum absolute atomic E-state index is 13.1. The molecule has 0 aliphatic heterocycles. The van der Waals surface area contributed by atoms with Gasteiger partial charge in [-0.15, -0.1) is 0 Å². The Hall–Kier alpha value is -2.87. The Kier molecular flexibility index (Phi) is 5.76. The zero-order chi connectivity index (χ0) is 21.1. The van der Waals surface area contributed by atoms with Crippen LogP contribution < -0.4 is 4.72 Å². The number of ether oxygens (including phenoxy) is 1. The summed E-state index contributed by atoms with van der Waals surface area (Å²) in [6, 6.07) is 9.54. The molecule has 0 atom stereocenters. The van der Waals surface area contributed by atoms with E-state index in [9.17, 15) is 13.2 Å². The lowest BCUT2D eigenvalue weighted by molar-refractivity contribution is 0.0492. The van der Waals surface area contributed by atoms with Crippen LogP contribution in [0.25, 0.3) is 11.0 Å². The lowest BCUT2D eigenvalue weighted by atomic mass is 9.86. The predicted octanol–water partition coefficient (Wildman–Crippen LogP) is 4.85. The summed E-state index contributed by atoms with van der Waals surface area (Å²) in [5, 5.41) is 0.626. The van der Waals surface area contributed by atoms with E-state index >= 15 is 0 Å². The van der Waals surface area contributed by atoms with Crippen molar-refractivity contribution < 1.29 is 22.4 Å². The van der Waals surface area contributed by atoms with E-state index in [1.807, 2.05) is 0 Å². The summed E-state index contributed by atoms with van der Waals surface area (Å²) in [7, 11) is -3.85. The Morgan fingerprint density at radius 2 is 2.00 bits per heavy atom. The van der Waals surface area contributed by atoms with Gasteiger partial charge in [0.1, 0.15) is 5.58 Å². The first kappa shape index (κ1) is 20.4. The first-order valence-corrected chi connectivity index (χ1v) is 11.6. The van der Waals surface area contributed by atoms with Gasteiger partial charge in [0.2, 0.25) is 5.76 Å². The fourth-order valence-electron chi connectivity index (χ4n) is 3.89. The van der Waals surface area contributed by atoms with Gasteiger partial charge < -0.3 is 9.15 Å². The molecule has 1 aromatic carbocycles. The number of fused-ring (bicyclic) bond motifs is 1. The van der Waals surface area contributed by atoms with Crippen molar-refractivity contribution in [3.8, 4) is 0 Å². The maximum Gasteiger partial charge on any atom is 0.374 e. The summed E-state index contributed by atoms with van der Waals surface area (Å²) in [6.45, 7) is 1.94. The van der Waals surface area contributed by atoms with Crippen LogP contribution in [0.15, 0.2) is 51.9 Å². The van der Waals surface area contributed by atoms with Crippen LogP contribution in [0.3, 0.4) is 0 Å². The van der Waals surface area contributed by atoms with Crippen molar-refractivity contribution in [3.05, 3.63) is 54.0 Å². The number of hydrogen-bond donors (Lipinski definition) is 1. The van der Waals surface area contributed by atoms with E-state index in [2.05, 4.69) is 9.71 Å². The molecule has 2 aromatic heterocycles. The van der Waals surface area contributed by atoms with Crippen LogP contribution in [-0.4, -0.2) is 26.0 Å². The van der Waals surface area contributed by atoms with Crippen molar-refractivity contribution in [2.24, 2.45) is 0 Å². The van der Waals surface area contributed by atoms with Crippen molar-refractivity contribution in [2.45, 2.75) is 49.8 Å². The topological polar surface area (TPSA) is 98.5 Å². The van der Waals surface area contributed by atoms with Crippen molar-refractivity contribution >= 4 is 32.6 Å². The number of carbonyl (C=O) groups excluding carboxylic acids is 1. The van der Waals surface area contributed by atoms with Crippen molar-refractivity contribution in [1.29, 1.82) is 0 Å². The van der Waals surface area contributed by atoms with Gasteiger partial charge in [-0.1, -0.05) is 19.3 Å². The maximum atomic E-state index is 13.1. The van der Waals surface area contributed by atoms with Gasteiger partial charge in [-0.3, -0.25) is 9.71 Å². The van der Waals surface area contributed by atoms with E-state index in [0.717, 1.165) is 31.4 Å². The first-order chi connectivity index (χ1) is 14.5. The number of anilines is 1. The third kappa shape index (κ3) is 4.18. The lowest BCUT2D eigenvalue weighted by Crippen LogP contribution is -2.16. The van der Waals surface area contributed by atoms with Gasteiger partial charge in [0.05, 0.1) is 22.9 Å². The fourth-order valence-corrected chi connectivity index (χ4v) is 4.98. The SMILES string of the molecule is CCOC(=O)c1cc2ccc(S(=O)(=O)Nc3cccnc3C3CCCCC3)cc2o1. The number of hydrogen-bond acceptors (Lipinski definition) is 6. The molecule has 0 amide bonds. The highest BCUT2D eigenvalue weighted by Crippen LogP contribution is 2.35. The molecule has 0 saturated heterocycles. The lowest BCUT2D eigenvalue weighted by Gasteiger charge is -2.23. The van der Waals surface area contributed by atoms with Gasteiger partial charge in [0, 0.05) is 23.6 Å².